The van der Waals surface area contributed by atoms with Gasteiger partial charge in [-0.3, -0.25) is 14.2 Å². The third kappa shape index (κ3) is 5.39. The Labute approximate surface area is 187 Å². The number of nitrogens with one attached hydrogen (secondary N) is 2. The van der Waals surface area contributed by atoms with Crippen LogP contribution in [0.4, 0.5) is 17.3 Å². The fraction of sp³-hybridized carbons (Fsp3) is 0.545. The molecule has 1 unspecified atom stereocenters. The molecule has 1 atom stereocenters. The van der Waals surface area contributed by atoms with Crippen LogP contribution in [0.15, 0.2) is 29.4 Å². The van der Waals surface area contributed by atoms with E-state index in [1.54, 1.807) is 24.3 Å². The summed E-state index contributed by atoms with van der Waals surface area (Å²) in [6.45, 7) is 7.69. The van der Waals surface area contributed by atoms with Crippen LogP contribution in [0.3, 0.4) is 0 Å². The summed E-state index contributed by atoms with van der Waals surface area (Å²) in [6, 6.07) is 7.54. The largest absolute Gasteiger partial charge is 0.341 e. The number of nitrogens with zero attached hydrogens (tertiary/aromatic N) is 4. The smallest absolute Gasteiger partial charge is 0.237 e. The normalized spacial score (nSPS) is 18.0. The molecule has 0 spiro atoms. The number of anilines is 3. The lowest BCUT2D eigenvalue weighted by Crippen LogP contribution is -2.34. The Hall–Kier alpha value is -2.55. The Kier molecular flexibility index (Phi) is 6.50. The fourth-order valence-electron chi connectivity index (χ4n) is 3.72. The van der Waals surface area contributed by atoms with E-state index in [2.05, 4.69) is 37.2 Å². The first-order valence-corrected chi connectivity index (χ1v) is 11.8. The zero-order valence-corrected chi connectivity index (χ0v) is 19.1. The fourth-order valence-corrected chi connectivity index (χ4v) is 4.64. The molecule has 2 aliphatic rings. The minimum Gasteiger partial charge on any atom is -0.341 e. The highest BCUT2D eigenvalue weighted by molar-refractivity contribution is 8.00. The highest BCUT2D eigenvalue weighted by atomic mass is 32.2. The summed E-state index contributed by atoms with van der Waals surface area (Å²) in [5.41, 5.74) is 1.39. The monoisotopic (exact) mass is 442 g/mol. The second-order valence-electron chi connectivity index (χ2n) is 8.56. The van der Waals surface area contributed by atoms with Crippen LogP contribution in [-0.2, 0) is 9.59 Å². The Balaban J connectivity index is 1.40. The van der Waals surface area contributed by atoms with Gasteiger partial charge in [0.25, 0.3) is 0 Å². The Bertz CT molecular complexity index is 932. The van der Waals surface area contributed by atoms with Crippen LogP contribution in [-0.4, -0.2) is 44.9 Å². The lowest BCUT2D eigenvalue weighted by molar-refractivity contribution is -0.115. The van der Waals surface area contributed by atoms with Crippen molar-refractivity contribution in [2.24, 2.45) is 5.92 Å². The molecule has 8 nitrogen and oxygen atoms in total. The van der Waals surface area contributed by atoms with Gasteiger partial charge in [-0.1, -0.05) is 18.7 Å². The number of hydrogen-bond acceptors (Lipinski definition) is 6. The first kappa shape index (κ1) is 21.7. The van der Waals surface area contributed by atoms with Crippen LogP contribution in [0.25, 0.3) is 0 Å². The van der Waals surface area contributed by atoms with Gasteiger partial charge in [0.1, 0.15) is 0 Å². The molecule has 4 rings (SSSR count). The van der Waals surface area contributed by atoms with E-state index >= 15 is 0 Å². The number of rotatable bonds is 7. The quantitative estimate of drug-likeness (QED) is 0.632. The van der Waals surface area contributed by atoms with Crippen molar-refractivity contribution in [3.63, 3.8) is 0 Å². The van der Waals surface area contributed by atoms with E-state index in [9.17, 15) is 9.59 Å². The summed E-state index contributed by atoms with van der Waals surface area (Å²) >= 11 is 1.46. The molecule has 0 radical (unpaired) electrons. The molecule has 1 saturated carbocycles. The van der Waals surface area contributed by atoms with Gasteiger partial charge in [0, 0.05) is 37.4 Å². The number of piperidine rings is 1. The molecule has 1 aliphatic heterocycles. The molecule has 0 bridgehead atoms. The summed E-state index contributed by atoms with van der Waals surface area (Å²) in [6.07, 6.45) is 4.65. The molecule has 166 valence electrons. The predicted molar refractivity (Wildman–Crippen MR) is 124 cm³/mol. The molecule has 1 aromatic carbocycles. The molecule has 9 heteroatoms. The van der Waals surface area contributed by atoms with Crippen LogP contribution < -0.4 is 15.5 Å². The van der Waals surface area contributed by atoms with Gasteiger partial charge in [0.2, 0.25) is 17.8 Å². The second-order valence-corrected chi connectivity index (χ2v) is 9.87. The van der Waals surface area contributed by atoms with Crippen molar-refractivity contribution in [1.82, 2.24) is 14.8 Å². The third-order valence-corrected chi connectivity index (χ3v) is 6.81. The van der Waals surface area contributed by atoms with Gasteiger partial charge in [0.15, 0.2) is 5.16 Å². The topological polar surface area (TPSA) is 92.2 Å². The third-order valence-electron chi connectivity index (χ3n) is 5.75. The Morgan fingerprint density at radius 3 is 2.23 bits per heavy atom. The molecule has 1 aromatic heterocycles. The molecule has 2 amide bonds. The summed E-state index contributed by atoms with van der Waals surface area (Å²) < 4.78 is 2.24. The van der Waals surface area contributed by atoms with E-state index in [1.165, 1.54) is 31.5 Å². The molecule has 2 heterocycles. The number of thioether (sulfide) groups is 1. The number of carbonyl (C=O) groups is 2. The van der Waals surface area contributed by atoms with Crippen LogP contribution in [0.5, 0.6) is 0 Å². The number of amides is 2. The molecular weight excluding hydrogens is 412 g/mol. The van der Waals surface area contributed by atoms with E-state index in [0.29, 0.717) is 17.4 Å². The number of benzene rings is 1. The first-order chi connectivity index (χ1) is 14.9. The summed E-state index contributed by atoms with van der Waals surface area (Å²) in [4.78, 5) is 26.2. The Morgan fingerprint density at radius 2 is 1.65 bits per heavy atom. The van der Waals surface area contributed by atoms with Gasteiger partial charge in [0.05, 0.1) is 5.25 Å². The summed E-state index contributed by atoms with van der Waals surface area (Å²) in [5.74, 6) is 1.51. The number of aromatic nitrogens is 3. The number of hydrogen-bond donors (Lipinski definition) is 2. The average Bonchev–Trinajstić information content (AvgIpc) is 3.50. The lowest BCUT2D eigenvalue weighted by Gasteiger charge is -2.31. The molecule has 31 heavy (non-hydrogen) atoms. The maximum absolute atomic E-state index is 12.8. The van der Waals surface area contributed by atoms with E-state index < -0.39 is 0 Å². The SMILES string of the molecule is CC(=O)Nc1ccc(NC(=O)C(C)Sc2nnc(N3CCC(C)CC3)n2C2CC2)cc1. The molecule has 1 saturated heterocycles. The summed E-state index contributed by atoms with van der Waals surface area (Å²) in [7, 11) is 0. The predicted octanol–water partition coefficient (Wildman–Crippen LogP) is 3.93. The van der Waals surface area contributed by atoms with E-state index in [4.69, 9.17) is 0 Å². The van der Waals surface area contributed by atoms with Crippen molar-refractivity contribution >= 4 is 40.9 Å². The maximum Gasteiger partial charge on any atom is 0.237 e. The van der Waals surface area contributed by atoms with Gasteiger partial charge < -0.3 is 15.5 Å². The van der Waals surface area contributed by atoms with Crippen molar-refractivity contribution in [3.05, 3.63) is 24.3 Å². The standard InChI is InChI=1S/C22H30N6O2S/c1-14-10-12-27(13-11-14)21-25-26-22(28(21)19-8-9-19)31-15(2)20(30)24-18-6-4-17(5-7-18)23-16(3)29/h4-7,14-15,19H,8-13H2,1-3H3,(H,23,29)(H,24,30). The second kappa shape index (κ2) is 9.30. The van der Waals surface area contributed by atoms with Gasteiger partial charge in [-0.2, -0.15) is 0 Å². The molecule has 2 aromatic rings. The minimum absolute atomic E-state index is 0.0871. The zero-order valence-electron chi connectivity index (χ0n) is 18.3. The maximum atomic E-state index is 12.8. The van der Waals surface area contributed by atoms with Crippen LogP contribution >= 0.6 is 11.8 Å². The van der Waals surface area contributed by atoms with E-state index in [0.717, 1.165) is 43.0 Å². The van der Waals surface area contributed by atoms with Gasteiger partial charge in [-0.15, -0.1) is 10.2 Å². The van der Waals surface area contributed by atoms with Crippen molar-refractivity contribution in [2.75, 3.05) is 28.6 Å². The van der Waals surface area contributed by atoms with Gasteiger partial charge in [-0.05, 0) is 62.8 Å². The van der Waals surface area contributed by atoms with Crippen molar-refractivity contribution in [1.29, 1.82) is 0 Å². The van der Waals surface area contributed by atoms with Crippen LogP contribution in [0.2, 0.25) is 0 Å². The average molecular weight is 443 g/mol. The van der Waals surface area contributed by atoms with Crippen molar-refractivity contribution < 1.29 is 9.59 Å². The molecular formula is C22H30N6O2S. The highest BCUT2D eigenvalue weighted by Gasteiger charge is 2.33. The van der Waals surface area contributed by atoms with Crippen molar-refractivity contribution in [2.45, 2.75) is 62.9 Å². The zero-order chi connectivity index (χ0) is 22.0. The highest BCUT2D eigenvalue weighted by Crippen LogP contribution is 2.42. The number of carbonyl (C=O) groups excluding carboxylic acids is 2. The minimum atomic E-state index is -0.314. The van der Waals surface area contributed by atoms with Crippen molar-refractivity contribution in [3.8, 4) is 0 Å². The first-order valence-electron chi connectivity index (χ1n) is 11.0. The molecule has 2 N–H and O–H groups in total. The Morgan fingerprint density at radius 1 is 1.03 bits per heavy atom. The van der Waals surface area contributed by atoms with Crippen LogP contribution in [0.1, 0.15) is 52.5 Å². The molecule has 1 aliphatic carbocycles. The van der Waals surface area contributed by atoms with Crippen LogP contribution in [0, 0.1) is 5.92 Å². The van der Waals surface area contributed by atoms with E-state index in [-0.39, 0.29) is 17.1 Å². The van der Waals surface area contributed by atoms with Gasteiger partial charge in [-0.25, -0.2) is 0 Å². The molecule has 2 fully saturated rings. The summed E-state index contributed by atoms with van der Waals surface area (Å²) in [5, 5.41) is 15.1. The van der Waals surface area contributed by atoms with Gasteiger partial charge >= 0.3 is 0 Å². The van der Waals surface area contributed by atoms with E-state index in [1.807, 2.05) is 6.92 Å². The lowest BCUT2D eigenvalue weighted by atomic mass is 10.00.